The van der Waals surface area contributed by atoms with E-state index in [0.29, 0.717) is 0 Å². The van der Waals surface area contributed by atoms with Crippen LogP contribution < -0.4 is 4.74 Å². The second-order valence-electron chi connectivity index (χ2n) is 2.85. The van der Waals surface area contributed by atoms with Crippen LogP contribution in [0.1, 0.15) is 19.5 Å². The van der Waals surface area contributed by atoms with E-state index in [1.807, 2.05) is 32.9 Å². The molecule has 0 aliphatic carbocycles. The second kappa shape index (κ2) is 5.16. The van der Waals surface area contributed by atoms with Crippen molar-refractivity contribution in [2.45, 2.75) is 20.8 Å². The number of aromatic amines is 1. The van der Waals surface area contributed by atoms with Crippen LogP contribution in [0.25, 0.3) is 10.9 Å². The van der Waals surface area contributed by atoms with E-state index in [-0.39, 0.29) is 0 Å². The van der Waals surface area contributed by atoms with E-state index in [4.69, 9.17) is 4.74 Å². The van der Waals surface area contributed by atoms with Crippen LogP contribution in [0.4, 0.5) is 0 Å². The lowest BCUT2D eigenvalue weighted by Crippen LogP contribution is -1.84. The molecule has 0 bridgehead atoms. The van der Waals surface area contributed by atoms with E-state index in [9.17, 15) is 0 Å². The van der Waals surface area contributed by atoms with Gasteiger partial charge in [-0.05, 0) is 35.0 Å². The zero-order valence-electron chi connectivity index (χ0n) is 9.39. The Morgan fingerprint density at radius 1 is 1.33 bits per heavy atom. The largest absolute Gasteiger partial charge is 0.496 e. The highest BCUT2D eigenvalue weighted by molar-refractivity contribution is 9.10. The molecular weight excluding hydrogens is 256 g/mol. The summed E-state index contributed by atoms with van der Waals surface area (Å²) in [5.74, 6) is 0.831. The van der Waals surface area contributed by atoms with Gasteiger partial charge in [0, 0.05) is 11.1 Å². The van der Waals surface area contributed by atoms with Crippen LogP contribution in [-0.4, -0.2) is 17.3 Å². The molecule has 1 aromatic heterocycles. The van der Waals surface area contributed by atoms with Crippen LogP contribution in [0.2, 0.25) is 0 Å². The van der Waals surface area contributed by atoms with Crippen molar-refractivity contribution in [3.8, 4) is 5.75 Å². The summed E-state index contributed by atoms with van der Waals surface area (Å²) in [7, 11) is 1.65. The number of hydrogen-bond donors (Lipinski definition) is 1. The van der Waals surface area contributed by atoms with Crippen LogP contribution in [-0.2, 0) is 0 Å². The minimum absolute atomic E-state index is 0.831. The Kier molecular flexibility index (Phi) is 4.15. The SMILES string of the molecule is CC.COc1cc2c(C)[nH]nc2cc1Br. The molecule has 0 aliphatic rings. The highest BCUT2D eigenvalue weighted by Crippen LogP contribution is 2.30. The number of methoxy groups -OCH3 is 1. The van der Waals surface area contributed by atoms with Gasteiger partial charge in [0.15, 0.2) is 0 Å². The van der Waals surface area contributed by atoms with Gasteiger partial charge in [-0.1, -0.05) is 13.8 Å². The van der Waals surface area contributed by atoms with Gasteiger partial charge in [0.2, 0.25) is 0 Å². The molecule has 0 saturated heterocycles. The molecule has 2 aromatic rings. The Morgan fingerprint density at radius 3 is 2.60 bits per heavy atom. The average Bonchev–Trinajstić information content (AvgIpc) is 2.61. The summed E-state index contributed by atoms with van der Waals surface area (Å²) >= 11 is 3.41. The number of aromatic nitrogens is 2. The molecule has 2 rings (SSSR count). The zero-order chi connectivity index (χ0) is 11.4. The van der Waals surface area contributed by atoms with Gasteiger partial charge in [-0.15, -0.1) is 0 Å². The third-order valence-corrected chi connectivity index (χ3v) is 2.64. The van der Waals surface area contributed by atoms with Gasteiger partial charge >= 0.3 is 0 Å². The molecule has 0 unspecified atom stereocenters. The standard InChI is InChI=1S/C9H9BrN2O.C2H6/c1-5-6-3-9(13-2)7(10)4-8(6)12-11-5;1-2/h3-4H,1-2H3,(H,11,12);1-2H3. The fourth-order valence-corrected chi connectivity index (χ4v) is 1.79. The number of benzene rings is 1. The van der Waals surface area contributed by atoms with Crippen molar-refractivity contribution in [1.82, 2.24) is 10.2 Å². The Labute approximate surface area is 98.0 Å². The summed E-state index contributed by atoms with van der Waals surface area (Å²) in [5, 5.41) is 8.17. The highest BCUT2D eigenvalue weighted by atomic mass is 79.9. The van der Waals surface area contributed by atoms with Crippen LogP contribution in [0.15, 0.2) is 16.6 Å². The molecule has 0 radical (unpaired) electrons. The van der Waals surface area contributed by atoms with Crippen LogP contribution in [0.3, 0.4) is 0 Å². The third-order valence-electron chi connectivity index (χ3n) is 2.02. The number of fused-ring (bicyclic) bond motifs is 1. The lowest BCUT2D eigenvalue weighted by atomic mass is 10.2. The monoisotopic (exact) mass is 270 g/mol. The molecule has 1 N–H and O–H groups in total. The molecular formula is C11H15BrN2O. The Morgan fingerprint density at radius 2 is 2.00 bits per heavy atom. The number of hydrogen-bond acceptors (Lipinski definition) is 2. The number of nitrogens with one attached hydrogen (secondary N) is 1. The quantitative estimate of drug-likeness (QED) is 0.859. The van der Waals surface area contributed by atoms with Crippen molar-refractivity contribution in [1.29, 1.82) is 0 Å². The molecule has 0 amide bonds. The fourth-order valence-electron chi connectivity index (χ4n) is 1.30. The number of rotatable bonds is 1. The second-order valence-corrected chi connectivity index (χ2v) is 3.71. The molecule has 0 spiro atoms. The highest BCUT2D eigenvalue weighted by Gasteiger charge is 2.06. The summed E-state index contributed by atoms with van der Waals surface area (Å²) in [6.07, 6.45) is 0. The van der Waals surface area contributed by atoms with Gasteiger partial charge in [-0.2, -0.15) is 5.10 Å². The summed E-state index contributed by atoms with van der Waals surface area (Å²) in [6.45, 7) is 5.99. The molecule has 1 aromatic carbocycles. The molecule has 3 nitrogen and oxygen atoms in total. The van der Waals surface area contributed by atoms with E-state index >= 15 is 0 Å². The molecule has 0 saturated carbocycles. The van der Waals surface area contributed by atoms with Crippen molar-refractivity contribution >= 4 is 26.8 Å². The van der Waals surface area contributed by atoms with Gasteiger partial charge in [0.25, 0.3) is 0 Å². The minimum Gasteiger partial charge on any atom is -0.496 e. The van der Waals surface area contributed by atoms with E-state index < -0.39 is 0 Å². The van der Waals surface area contributed by atoms with Gasteiger partial charge in [-0.3, -0.25) is 5.10 Å². The number of aryl methyl sites for hydroxylation is 1. The van der Waals surface area contributed by atoms with E-state index in [2.05, 4.69) is 26.1 Å². The number of nitrogens with zero attached hydrogens (tertiary/aromatic N) is 1. The summed E-state index contributed by atoms with van der Waals surface area (Å²) in [5.41, 5.74) is 2.01. The Bertz CT molecular complexity index is 451. The molecule has 15 heavy (non-hydrogen) atoms. The maximum Gasteiger partial charge on any atom is 0.133 e. The Hall–Kier alpha value is -1.03. The van der Waals surface area contributed by atoms with Crippen molar-refractivity contribution in [2.24, 2.45) is 0 Å². The van der Waals surface area contributed by atoms with Crippen LogP contribution in [0.5, 0.6) is 5.75 Å². The van der Waals surface area contributed by atoms with Crippen LogP contribution >= 0.6 is 15.9 Å². The summed E-state index contributed by atoms with van der Waals surface area (Å²) < 4.78 is 6.11. The van der Waals surface area contributed by atoms with E-state index in [1.54, 1.807) is 7.11 Å². The van der Waals surface area contributed by atoms with Gasteiger partial charge in [-0.25, -0.2) is 0 Å². The summed E-state index contributed by atoms with van der Waals surface area (Å²) in [4.78, 5) is 0. The first kappa shape index (κ1) is 12.0. The Balaban J connectivity index is 0.000000531. The number of H-pyrrole nitrogens is 1. The molecule has 4 heteroatoms. The first-order valence-corrected chi connectivity index (χ1v) is 5.70. The number of ether oxygens (including phenoxy) is 1. The molecule has 0 fully saturated rings. The van der Waals surface area contributed by atoms with Crippen molar-refractivity contribution < 1.29 is 4.74 Å². The van der Waals surface area contributed by atoms with E-state index in [1.165, 1.54) is 0 Å². The van der Waals surface area contributed by atoms with Crippen molar-refractivity contribution in [2.75, 3.05) is 7.11 Å². The maximum absolute atomic E-state index is 5.19. The van der Waals surface area contributed by atoms with E-state index in [0.717, 1.165) is 26.8 Å². The normalized spacial score (nSPS) is 9.67. The first-order chi connectivity index (χ1) is 7.22. The lowest BCUT2D eigenvalue weighted by Gasteiger charge is -2.02. The van der Waals surface area contributed by atoms with Crippen molar-refractivity contribution in [3.63, 3.8) is 0 Å². The van der Waals surface area contributed by atoms with Gasteiger partial charge in [0.1, 0.15) is 5.75 Å². The maximum atomic E-state index is 5.19. The minimum atomic E-state index is 0.831. The fraction of sp³-hybridized carbons (Fsp3) is 0.364. The lowest BCUT2D eigenvalue weighted by molar-refractivity contribution is 0.413. The topological polar surface area (TPSA) is 37.9 Å². The molecule has 0 atom stereocenters. The van der Waals surface area contributed by atoms with Gasteiger partial charge in [0.05, 0.1) is 17.1 Å². The predicted molar refractivity (Wildman–Crippen MR) is 66.4 cm³/mol. The third kappa shape index (κ3) is 2.31. The van der Waals surface area contributed by atoms with Crippen molar-refractivity contribution in [3.05, 3.63) is 22.3 Å². The smallest absolute Gasteiger partial charge is 0.133 e. The molecule has 0 aliphatic heterocycles. The average molecular weight is 271 g/mol. The first-order valence-electron chi connectivity index (χ1n) is 4.90. The predicted octanol–water partition coefficient (Wildman–Crippen LogP) is 3.67. The zero-order valence-corrected chi connectivity index (χ0v) is 11.0. The summed E-state index contributed by atoms with van der Waals surface area (Å²) in [6, 6.07) is 3.91. The van der Waals surface area contributed by atoms with Crippen LogP contribution in [0, 0.1) is 6.92 Å². The number of halogens is 1. The molecule has 82 valence electrons. The van der Waals surface area contributed by atoms with Gasteiger partial charge < -0.3 is 4.74 Å². The molecule has 1 heterocycles.